The predicted molar refractivity (Wildman–Crippen MR) is 61.0 cm³/mol. The van der Waals surface area contributed by atoms with Gasteiger partial charge in [0.2, 0.25) is 5.91 Å². The number of alkyl halides is 3. The molecule has 19 heavy (non-hydrogen) atoms. The van der Waals surface area contributed by atoms with Gasteiger partial charge in [0.15, 0.2) is 5.82 Å². The summed E-state index contributed by atoms with van der Waals surface area (Å²) in [4.78, 5) is 19.6. The second-order valence-corrected chi connectivity index (χ2v) is 4.73. The number of hydrogen-bond acceptors (Lipinski definition) is 3. The van der Waals surface area contributed by atoms with E-state index in [1.165, 1.54) is 0 Å². The van der Waals surface area contributed by atoms with Gasteiger partial charge in [-0.1, -0.05) is 0 Å². The van der Waals surface area contributed by atoms with Crippen LogP contribution in [-0.4, -0.2) is 22.1 Å². The lowest BCUT2D eigenvalue weighted by atomic mass is 10.1. The van der Waals surface area contributed by atoms with Gasteiger partial charge in [-0.15, -0.1) is 0 Å². The van der Waals surface area contributed by atoms with Crippen molar-refractivity contribution in [1.82, 2.24) is 15.3 Å². The van der Waals surface area contributed by atoms with Crippen LogP contribution < -0.4 is 5.32 Å². The third-order valence-electron chi connectivity index (χ3n) is 2.86. The van der Waals surface area contributed by atoms with Crippen molar-refractivity contribution < 1.29 is 18.0 Å². The van der Waals surface area contributed by atoms with E-state index in [2.05, 4.69) is 15.3 Å². The Labute approximate surface area is 108 Å². The summed E-state index contributed by atoms with van der Waals surface area (Å²) in [6.07, 6.45) is -2.68. The minimum Gasteiger partial charge on any atom is -0.346 e. The van der Waals surface area contributed by atoms with Crippen molar-refractivity contribution in [3.63, 3.8) is 0 Å². The van der Waals surface area contributed by atoms with E-state index in [1.807, 2.05) is 0 Å². The van der Waals surface area contributed by atoms with Gasteiger partial charge in [0.25, 0.3) is 0 Å². The third kappa shape index (κ3) is 4.18. The Bertz CT molecular complexity index is 472. The molecule has 0 spiro atoms. The first-order valence-corrected chi connectivity index (χ1v) is 6.01. The van der Waals surface area contributed by atoms with Crippen molar-refractivity contribution >= 4 is 5.91 Å². The summed E-state index contributed by atoms with van der Waals surface area (Å²) in [6.45, 7) is 1.77. The van der Waals surface area contributed by atoms with Crippen molar-refractivity contribution in [3.8, 4) is 0 Å². The minimum atomic E-state index is -4.49. The van der Waals surface area contributed by atoms with E-state index < -0.39 is 24.5 Å². The number of aryl methyl sites for hydroxylation is 1. The molecule has 1 aromatic heterocycles. The number of carbonyl (C=O) groups excluding carboxylic acids is 1. The van der Waals surface area contributed by atoms with Crippen molar-refractivity contribution in [3.05, 3.63) is 23.8 Å². The van der Waals surface area contributed by atoms with E-state index in [4.69, 9.17) is 0 Å². The van der Waals surface area contributed by atoms with E-state index in [1.54, 1.807) is 19.2 Å². The molecule has 1 amide bonds. The average molecular weight is 273 g/mol. The Hall–Kier alpha value is -1.66. The average Bonchev–Trinajstić information content (AvgIpc) is 3.07. The highest BCUT2D eigenvalue weighted by atomic mass is 19.4. The monoisotopic (exact) mass is 273 g/mol. The van der Waals surface area contributed by atoms with E-state index in [0.29, 0.717) is 5.82 Å². The van der Waals surface area contributed by atoms with Gasteiger partial charge in [-0.05, 0) is 31.7 Å². The molecule has 1 saturated carbocycles. The standard InChI is InChI=1S/C12H14F3N3O/c1-7-4-5-16-11(17-7)10(8-2-3-8)18-9(19)6-12(13,14)15/h4-5,8,10H,2-3,6H2,1H3,(H,18,19)/t10-/m0/s1. The third-order valence-corrected chi connectivity index (χ3v) is 2.86. The Morgan fingerprint density at radius 2 is 2.21 bits per heavy atom. The molecule has 1 heterocycles. The fraction of sp³-hybridized carbons (Fsp3) is 0.583. The van der Waals surface area contributed by atoms with E-state index in [0.717, 1.165) is 18.5 Å². The van der Waals surface area contributed by atoms with E-state index >= 15 is 0 Å². The second-order valence-electron chi connectivity index (χ2n) is 4.73. The lowest BCUT2D eigenvalue weighted by molar-refractivity contribution is -0.154. The van der Waals surface area contributed by atoms with Gasteiger partial charge >= 0.3 is 6.18 Å². The molecule has 0 aromatic carbocycles. The van der Waals surface area contributed by atoms with Crippen molar-refractivity contribution in [2.45, 2.75) is 38.4 Å². The van der Waals surface area contributed by atoms with Crippen LogP contribution in [0, 0.1) is 12.8 Å². The van der Waals surface area contributed by atoms with Gasteiger partial charge in [-0.25, -0.2) is 9.97 Å². The molecule has 4 nitrogen and oxygen atoms in total. The van der Waals surface area contributed by atoms with Crippen LogP contribution in [0.3, 0.4) is 0 Å². The molecular weight excluding hydrogens is 259 g/mol. The number of carbonyl (C=O) groups is 1. The van der Waals surface area contributed by atoms with Crippen LogP contribution in [0.15, 0.2) is 12.3 Å². The summed E-state index contributed by atoms with van der Waals surface area (Å²) >= 11 is 0. The zero-order chi connectivity index (χ0) is 14.0. The van der Waals surface area contributed by atoms with Crippen LogP contribution in [-0.2, 0) is 4.79 Å². The van der Waals surface area contributed by atoms with Gasteiger partial charge in [0.05, 0.1) is 6.04 Å². The lowest BCUT2D eigenvalue weighted by Crippen LogP contribution is -2.34. The number of amides is 1. The van der Waals surface area contributed by atoms with Gasteiger partial charge < -0.3 is 5.32 Å². The molecule has 1 aromatic rings. The maximum Gasteiger partial charge on any atom is 0.397 e. The van der Waals surface area contributed by atoms with E-state index in [-0.39, 0.29) is 5.92 Å². The van der Waals surface area contributed by atoms with Crippen LogP contribution in [0.25, 0.3) is 0 Å². The van der Waals surface area contributed by atoms with Gasteiger partial charge in [0.1, 0.15) is 6.42 Å². The number of hydrogen-bond donors (Lipinski definition) is 1. The molecule has 104 valence electrons. The second kappa shape index (κ2) is 5.14. The highest BCUT2D eigenvalue weighted by molar-refractivity contribution is 5.77. The number of nitrogens with one attached hydrogen (secondary N) is 1. The van der Waals surface area contributed by atoms with Crippen molar-refractivity contribution in [2.75, 3.05) is 0 Å². The molecule has 1 fully saturated rings. The molecule has 0 radical (unpaired) electrons. The Kier molecular flexibility index (Phi) is 3.73. The van der Waals surface area contributed by atoms with Crippen LogP contribution in [0.2, 0.25) is 0 Å². The zero-order valence-electron chi connectivity index (χ0n) is 10.4. The van der Waals surface area contributed by atoms with Gasteiger partial charge in [-0.3, -0.25) is 4.79 Å². The van der Waals surface area contributed by atoms with Crippen LogP contribution in [0.4, 0.5) is 13.2 Å². The number of nitrogens with zero attached hydrogens (tertiary/aromatic N) is 2. The molecule has 0 aliphatic heterocycles. The zero-order valence-corrected chi connectivity index (χ0v) is 10.4. The molecular formula is C12H14F3N3O. The molecule has 1 atom stereocenters. The van der Waals surface area contributed by atoms with Crippen molar-refractivity contribution in [1.29, 1.82) is 0 Å². The maximum absolute atomic E-state index is 12.1. The summed E-state index contributed by atoms with van der Waals surface area (Å²) in [5, 5.41) is 2.40. The predicted octanol–water partition coefficient (Wildman–Crippen LogP) is 2.30. The van der Waals surface area contributed by atoms with Crippen LogP contribution in [0.1, 0.15) is 36.8 Å². The quantitative estimate of drug-likeness (QED) is 0.915. The molecule has 2 rings (SSSR count). The molecule has 7 heteroatoms. The fourth-order valence-electron chi connectivity index (χ4n) is 1.85. The topological polar surface area (TPSA) is 54.9 Å². The molecule has 0 saturated heterocycles. The normalized spacial score (nSPS) is 17.1. The number of aromatic nitrogens is 2. The summed E-state index contributed by atoms with van der Waals surface area (Å²) in [5.41, 5.74) is 0.723. The molecule has 1 aliphatic carbocycles. The Morgan fingerprint density at radius 3 is 2.74 bits per heavy atom. The van der Waals surface area contributed by atoms with Gasteiger partial charge in [-0.2, -0.15) is 13.2 Å². The highest BCUT2D eigenvalue weighted by Crippen LogP contribution is 2.40. The Balaban J connectivity index is 2.07. The number of halogens is 3. The van der Waals surface area contributed by atoms with Crippen molar-refractivity contribution in [2.24, 2.45) is 5.92 Å². The molecule has 0 bridgehead atoms. The summed E-state index contributed by atoms with van der Waals surface area (Å²) in [6, 6.07) is 1.18. The van der Waals surface area contributed by atoms with Crippen LogP contribution >= 0.6 is 0 Å². The SMILES string of the molecule is Cc1ccnc([C@@H](NC(=O)CC(F)(F)F)C2CC2)n1. The molecule has 1 aliphatic rings. The molecule has 0 unspecified atom stereocenters. The fourth-order valence-corrected chi connectivity index (χ4v) is 1.85. The largest absolute Gasteiger partial charge is 0.397 e. The minimum absolute atomic E-state index is 0.138. The smallest absolute Gasteiger partial charge is 0.346 e. The van der Waals surface area contributed by atoms with Crippen LogP contribution in [0.5, 0.6) is 0 Å². The Morgan fingerprint density at radius 1 is 1.53 bits per heavy atom. The summed E-state index contributed by atoms with van der Waals surface area (Å²) in [7, 11) is 0. The number of rotatable bonds is 4. The molecule has 1 N–H and O–H groups in total. The highest BCUT2D eigenvalue weighted by Gasteiger charge is 2.38. The first-order chi connectivity index (χ1) is 8.85. The van der Waals surface area contributed by atoms with Gasteiger partial charge in [0, 0.05) is 11.9 Å². The first-order valence-electron chi connectivity index (χ1n) is 6.01. The first kappa shape index (κ1) is 13.8. The lowest BCUT2D eigenvalue weighted by Gasteiger charge is -2.17. The summed E-state index contributed by atoms with van der Waals surface area (Å²) < 4.78 is 36.4. The maximum atomic E-state index is 12.1. The van der Waals surface area contributed by atoms with E-state index in [9.17, 15) is 18.0 Å². The summed E-state index contributed by atoms with van der Waals surface area (Å²) in [5.74, 6) is -0.508.